The maximum atomic E-state index is 12.8. The van der Waals surface area contributed by atoms with Crippen LogP contribution >= 0.6 is 0 Å². The molecule has 136 valence electrons. The van der Waals surface area contributed by atoms with Crippen molar-refractivity contribution in [2.45, 2.75) is 31.5 Å². The summed E-state index contributed by atoms with van der Waals surface area (Å²) in [6, 6.07) is 4.79. The van der Waals surface area contributed by atoms with Crippen molar-refractivity contribution in [2.75, 3.05) is 20.1 Å². The molecule has 2 N–H and O–H groups in total. The number of amides is 4. The molecule has 0 bridgehead atoms. The summed E-state index contributed by atoms with van der Waals surface area (Å²) in [6.45, 7) is 2.57. The summed E-state index contributed by atoms with van der Waals surface area (Å²) < 4.78 is 0. The van der Waals surface area contributed by atoms with Crippen LogP contribution < -0.4 is 10.6 Å². The lowest BCUT2D eigenvalue weighted by Gasteiger charge is -2.35. The zero-order valence-electron chi connectivity index (χ0n) is 14.4. The number of rotatable bonds is 4. The summed E-state index contributed by atoms with van der Waals surface area (Å²) in [4.78, 5) is 52.0. The second kappa shape index (κ2) is 6.30. The topological polar surface area (TPSA) is 98.8 Å². The van der Waals surface area contributed by atoms with E-state index in [1.54, 1.807) is 12.1 Å². The molecule has 0 saturated carbocycles. The molecule has 2 fully saturated rings. The number of fused-ring (bicyclic) bond motifs is 1. The van der Waals surface area contributed by atoms with Crippen molar-refractivity contribution in [3.8, 4) is 0 Å². The highest BCUT2D eigenvalue weighted by molar-refractivity contribution is 6.23. The maximum Gasteiger partial charge on any atom is 0.262 e. The van der Waals surface area contributed by atoms with Crippen LogP contribution in [0, 0.1) is 0 Å². The van der Waals surface area contributed by atoms with Crippen molar-refractivity contribution in [3.63, 3.8) is 0 Å². The van der Waals surface area contributed by atoms with Gasteiger partial charge in [0.2, 0.25) is 11.8 Å². The number of benzene rings is 1. The van der Waals surface area contributed by atoms with Gasteiger partial charge in [-0.1, -0.05) is 6.07 Å². The molecule has 8 heteroatoms. The van der Waals surface area contributed by atoms with E-state index in [4.69, 9.17) is 0 Å². The van der Waals surface area contributed by atoms with Crippen LogP contribution in [0.15, 0.2) is 18.2 Å². The Hall–Kier alpha value is -2.58. The smallest absolute Gasteiger partial charge is 0.262 e. The van der Waals surface area contributed by atoms with Crippen molar-refractivity contribution in [2.24, 2.45) is 0 Å². The number of piperidine rings is 1. The Bertz CT molecular complexity index is 817. The monoisotopic (exact) mass is 356 g/mol. The third-order valence-electron chi connectivity index (χ3n) is 5.32. The van der Waals surface area contributed by atoms with E-state index in [0.717, 1.165) is 23.6 Å². The minimum Gasteiger partial charge on any atom is -0.314 e. The predicted octanol–water partition coefficient (Wildman–Crippen LogP) is -0.509. The number of likely N-dealkylation sites (N-methyl/N-ethyl adjacent to an activating group) is 1. The summed E-state index contributed by atoms with van der Waals surface area (Å²) in [5.74, 6) is -1.90. The van der Waals surface area contributed by atoms with Crippen LogP contribution in [0.2, 0.25) is 0 Å². The van der Waals surface area contributed by atoms with Crippen LogP contribution in [-0.4, -0.2) is 65.6 Å². The van der Waals surface area contributed by atoms with Crippen molar-refractivity contribution in [1.29, 1.82) is 0 Å². The lowest BCUT2D eigenvalue weighted by atomic mass is 10.0. The number of nitrogens with zero attached hydrogens (tertiary/aromatic N) is 2. The minimum absolute atomic E-state index is 0.120. The first-order valence-electron chi connectivity index (χ1n) is 8.71. The number of imide groups is 2. The molecule has 0 radical (unpaired) electrons. The molecule has 3 aliphatic heterocycles. The fourth-order valence-corrected chi connectivity index (χ4v) is 3.62. The number of carbonyl (C=O) groups is 4. The standard InChI is InChI=1S/C18H20N4O4/c1-21(11-7-19-8-11)9-10-2-3-12-13(6-10)18(26)22(17(12)25)14-4-5-15(23)20-16(14)24/h2-3,6,11,14,19H,4-5,7-9H2,1H3,(H,20,23,24). The van der Waals surface area contributed by atoms with E-state index in [1.165, 1.54) is 0 Å². The molecule has 0 aromatic heterocycles. The van der Waals surface area contributed by atoms with Gasteiger partial charge in [0.15, 0.2) is 0 Å². The molecule has 3 aliphatic rings. The van der Waals surface area contributed by atoms with Gasteiger partial charge in [0, 0.05) is 32.1 Å². The van der Waals surface area contributed by atoms with Crippen molar-refractivity contribution < 1.29 is 19.2 Å². The highest BCUT2D eigenvalue weighted by Crippen LogP contribution is 2.28. The lowest BCUT2D eigenvalue weighted by molar-refractivity contribution is -0.136. The van der Waals surface area contributed by atoms with E-state index in [1.807, 2.05) is 13.1 Å². The first-order valence-corrected chi connectivity index (χ1v) is 8.71. The average molecular weight is 356 g/mol. The SMILES string of the molecule is CN(Cc1ccc2c(c1)C(=O)N(C1CCC(=O)NC1=O)C2=O)C1CNC1. The summed E-state index contributed by atoms with van der Waals surface area (Å²) in [7, 11) is 2.03. The molecule has 1 unspecified atom stereocenters. The average Bonchev–Trinajstić information content (AvgIpc) is 2.77. The minimum atomic E-state index is -0.924. The molecule has 8 nitrogen and oxygen atoms in total. The van der Waals surface area contributed by atoms with Gasteiger partial charge in [-0.2, -0.15) is 0 Å². The molecule has 0 aliphatic carbocycles. The van der Waals surface area contributed by atoms with Gasteiger partial charge < -0.3 is 5.32 Å². The Morgan fingerprint density at radius 1 is 1.12 bits per heavy atom. The zero-order chi connectivity index (χ0) is 18.4. The number of carbonyl (C=O) groups excluding carboxylic acids is 4. The Labute approximate surface area is 150 Å². The highest BCUT2D eigenvalue weighted by atomic mass is 16.2. The summed E-state index contributed by atoms with van der Waals surface area (Å²) >= 11 is 0. The van der Waals surface area contributed by atoms with E-state index in [2.05, 4.69) is 15.5 Å². The van der Waals surface area contributed by atoms with Crippen molar-refractivity contribution >= 4 is 23.6 Å². The van der Waals surface area contributed by atoms with Gasteiger partial charge in [-0.25, -0.2) is 0 Å². The van der Waals surface area contributed by atoms with E-state index in [9.17, 15) is 19.2 Å². The molecule has 1 atom stereocenters. The highest BCUT2D eigenvalue weighted by Gasteiger charge is 2.44. The van der Waals surface area contributed by atoms with Gasteiger partial charge in [-0.3, -0.25) is 34.3 Å². The van der Waals surface area contributed by atoms with Crippen LogP contribution in [0.25, 0.3) is 0 Å². The molecular weight excluding hydrogens is 336 g/mol. The van der Waals surface area contributed by atoms with Crippen LogP contribution in [-0.2, 0) is 16.1 Å². The van der Waals surface area contributed by atoms with E-state index in [0.29, 0.717) is 23.7 Å². The molecule has 2 saturated heterocycles. The zero-order valence-corrected chi connectivity index (χ0v) is 14.4. The van der Waals surface area contributed by atoms with Gasteiger partial charge in [-0.05, 0) is 31.2 Å². The molecule has 3 heterocycles. The molecular formula is C18H20N4O4. The first kappa shape index (κ1) is 16.9. The molecule has 4 amide bonds. The van der Waals surface area contributed by atoms with E-state index >= 15 is 0 Å². The Balaban J connectivity index is 1.56. The van der Waals surface area contributed by atoms with Crippen LogP contribution in [0.1, 0.15) is 39.1 Å². The molecule has 26 heavy (non-hydrogen) atoms. The Morgan fingerprint density at radius 2 is 1.85 bits per heavy atom. The maximum absolute atomic E-state index is 12.8. The summed E-state index contributed by atoms with van der Waals surface area (Å²) in [6.07, 6.45) is 0.287. The molecule has 4 rings (SSSR count). The van der Waals surface area contributed by atoms with Gasteiger partial charge in [0.05, 0.1) is 11.1 Å². The van der Waals surface area contributed by atoms with E-state index < -0.39 is 23.8 Å². The van der Waals surface area contributed by atoms with Crippen LogP contribution in [0.4, 0.5) is 0 Å². The second-order valence-corrected chi connectivity index (χ2v) is 7.05. The lowest BCUT2D eigenvalue weighted by Crippen LogP contribution is -2.55. The normalized spacial score (nSPS) is 23.3. The number of nitrogens with one attached hydrogen (secondary N) is 2. The molecule has 1 aromatic carbocycles. The van der Waals surface area contributed by atoms with E-state index in [-0.39, 0.29) is 18.7 Å². The third kappa shape index (κ3) is 2.71. The van der Waals surface area contributed by atoms with Gasteiger partial charge in [0.25, 0.3) is 11.8 Å². The molecule has 0 spiro atoms. The largest absolute Gasteiger partial charge is 0.314 e. The first-order chi connectivity index (χ1) is 12.5. The van der Waals surface area contributed by atoms with Gasteiger partial charge in [0.1, 0.15) is 6.04 Å². The Kier molecular flexibility index (Phi) is 4.08. The fraction of sp³-hybridized carbons (Fsp3) is 0.444. The van der Waals surface area contributed by atoms with Gasteiger partial charge >= 0.3 is 0 Å². The van der Waals surface area contributed by atoms with Crippen molar-refractivity contribution in [3.05, 3.63) is 34.9 Å². The van der Waals surface area contributed by atoms with Crippen LogP contribution in [0.3, 0.4) is 0 Å². The van der Waals surface area contributed by atoms with Crippen molar-refractivity contribution in [1.82, 2.24) is 20.4 Å². The second-order valence-electron chi connectivity index (χ2n) is 7.05. The number of hydrogen-bond acceptors (Lipinski definition) is 6. The summed E-state index contributed by atoms with van der Waals surface area (Å²) in [5.41, 5.74) is 1.60. The third-order valence-corrected chi connectivity index (χ3v) is 5.32. The fourth-order valence-electron chi connectivity index (χ4n) is 3.62. The Morgan fingerprint density at radius 3 is 2.50 bits per heavy atom. The summed E-state index contributed by atoms with van der Waals surface area (Å²) in [5, 5.41) is 5.42. The predicted molar refractivity (Wildman–Crippen MR) is 91.2 cm³/mol. The quantitative estimate of drug-likeness (QED) is 0.705. The van der Waals surface area contributed by atoms with Crippen LogP contribution in [0.5, 0.6) is 0 Å². The number of hydrogen-bond donors (Lipinski definition) is 2. The van der Waals surface area contributed by atoms with Gasteiger partial charge in [-0.15, -0.1) is 0 Å². The molecule has 1 aromatic rings.